The maximum absolute atomic E-state index is 5.70. The molecule has 0 bridgehead atoms. The Balaban J connectivity index is 3.17. The minimum atomic E-state index is 0.285. The van der Waals surface area contributed by atoms with Gasteiger partial charge < -0.3 is 0 Å². The maximum atomic E-state index is 5.70. The molecule has 0 aliphatic carbocycles. The quantitative estimate of drug-likeness (QED) is 0.648. The van der Waals surface area contributed by atoms with E-state index in [0.29, 0.717) is 0 Å². The second-order valence-electron chi connectivity index (χ2n) is 5.02. The molecule has 1 unspecified atom stereocenters. The summed E-state index contributed by atoms with van der Waals surface area (Å²) in [6, 6.07) is 2.29. The summed E-state index contributed by atoms with van der Waals surface area (Å²) in [5, 5.41) is 0. The molecule has 0 radical (unpaired) electrons. The van der Waals surface area contributed by atoms with Crippen molar-refractivity contribution in [2.45, 2.75) is 59.8 Å². The Morgan fingerprint density at radius 1 is 1.12 bits per heavy atom. The maximum Gasteiger partial charge on any atom is 0.0452 e. The zero-order chi connectivity index (χ0) is 13.0. The van der Waals surface area contributed by atoms with Crippen LogP contribution in [-0.4, -0.2) is 0 Å². The lowest BCUT2D eigenvalue weighted by molar-refractivity contribution is 0.672. The molecule has 1 rings (SSSR count). The molecule has 0 fully saturated rings. The van der Waals surface area contributed by atoms with Crippen LogP contribution in [0.25, 0.3) is 0 Å². The van der Waals surface area contributed by atoms with Crippen molar-refractivity contribution in [1.29, 1.82) is 0 Å². The molecule has 0 aromatic heterocycles. The molecule has 0 heterocycles. The summed E-state index contributed by atoms with van der Waals surface area (Å²) in [5.41, 5.74) is 6.91. The molecule has 0 spiro atoms. The minimum Gasteiger partial charge on any atom is -0.119 e. The molecule has 17 heavy (non-hydrogen) atoms. The van der Waals surface area contributed by atoms with E-state index < -0.39 is 0 Å². The predicted octanol–water partition coefficient (Wildman–Crippen LogP) is 4.83. The van der Waals surface area contributed by atoms with Gasteiger partial charge in [-0.2, -0.15) is 0 Å². The van der Waals surface area contributed by atoms with Gasteiger partial charge in [0.15, 0.2) is 0 Å². The lowest BCUT2D eigenvalue weighted by Gasteiger charge is -2.18. The van der Waals surface area contributed by atoms with Gasteiger partial charge in [-0.15, -0.1) is 6.42 Å². The number of terminal acetylenes is 1. The topological polar surface area (TPSA) is 0 Å². The van der Waals surface area contributed by atoms with Crippen LogP contribution in [0.5, 0.6) is 0 Å². The summed E-state index contributed by atoms with van der Waals surface area (Å²) in [6.45, 7) is 11.0. The van der Waals surface area contributed by atoms with E-state index in [4.69, 9.17) is 6.42 Å². The first kappa shape index (κ1) is 13.8. The van der Waals surface area contributed by atoms with Gasteiger partial charge in [-0.3, -0.25) is 0 Å². The first-order chi connectivity index (χ1) is 8.02. The fourth-order valence-corrected chi connectivity index (χ4v) is 2.34. The van der Waals surface area contributed by atoms with Crippen LogP contribution in [0.15, 0.2) is 6.07 Å². The Morgan fingerprint density at radius 3 is 2.29 bits per heavy atom. The van der Waals surface area contributed by atoms with Crippen molar-refractivity contribution in [2.24, 2.45) is 0 Å². The zero-order valence-electron chi connectivity index (χ0n) is 11.9. The normalized spacial score (nSPS) is 12.2. The van der Waals surface area contributed by atoms with Crippen molar-refractivity contribution in [3.63, 3.8) is 0 Å². The second kappa shape index (κ2) is 5.92. The summed E-state index contributed by atoms with van der Waals surface area (Å²) in [5.74, 6) is 3.25. The van der Waals surface area contributed by atoms with E-state index in [1.165, 1.54) is 40.7 Å². The highest BCUT2D eigenvalue weighted by Gasteiger charge is 2.14. The van der Waals surface area contributed by atoms with E-state index in [0.717, 1.165) is 6.42 Å². The largest absolute Gasteiger partial charge is 0.119 e. The molecule has 0 aliphatic rings. The van der Waals surface area contributed by atoms with E-state index in [1.807, 2.05) is 0 Å². The van der Waals surface area contributed by atoms with Crippen molar-refractivity contribution >= 4 is 0 Å². The van der Waals surface area contributed by atoms with Gasteiger partial charge in [-0.05, 0) is 61.9 Å². The Labute approximate surface area is 106 Å². The van der Waals surface area contributed by atoms with Gasteiger partial charge in [-0.1, -0.05) is 31.8 Å². The third-order valence-electron chi connectivity index (χ3n) is 3.94. The lowest BCUT2D eigenvalue weighted by Crippen LogP contribution is -2.03. The average Bonchev–Trinajstić information content (AvgIpc) is 2.33. The van der Waals surface area contributed by atoms with E-state index in [2.05, 4.69) is 46.6 Å². The van der Waals surface area contributed by atoms with Crippen molar-refractivity contribution in [3.8, 4) is 12.3 Å². The fraction of sp³-hybridized carbons (Fsp3) is 0.529. The SMILES string of the molecule is C#CC(CCCC)c1cc(C)c(C)c(C)c1C. The van der Waals surface area contributed by atoms with Gasteiger partial charge in [0.05, 0.1) is 0 Å². The first-order valence-electron chi connectivity index (χ1n) is 6.56. The summed E-state index contributed by atoms with van der Waals surface area (Å²) < 4.78 is 0. The summed E-state index contributed by atoms with van der Waals surface area (Å²) in [6.07, 6.45) is 9.23. The Hall–Kier alpha value is -1.22. The van der Waals surface area contributed by atoms with Gasteiger partial charge in [0.1, 0.15) is 0 Å². The smallest absolute Gasteiger partial charge is 0.0452 e. The predicted molar refractivity (Wildman–Crippen MR) is 76.5 cm³/mol. The van der Waals surface area contributed by atoms with Crippen LogP contribution < -0.4 is 0 Å². The molecule has 1 aromatic rings. The average molecular weight is 228 g/mol. The molecular formula is C17H24. The summed E-state index contributed by atoms with van der Waals surface area (Å²) in [7, 11) is 0. The van der Waals surface area contributed by atoms with Gasteiger partial charge in [0.2, 0.25) is 0 Å². The standard InChI is InChI=1S/C17H24/c1-7-9-10-16(8-2)17-11-12(3)13(4)14(5)15(17)6/h2,11,16H,7,9-10H2,1,3-6H3. The van der Waals surface area contributed by atoms with E-state index in [9.17, 15) is 0 Å². The molecular weight excluding hydrogens is 204 g/mol. The molecule has 92 valence electrons. The van der Waals surface area contributed by atoms with Crippen LogP contribution >= 0.6 is 0 Å². The minimum absolute atomic E-state index is 0.285. The molecule has 0 saturated heterocycles. The fourth-order valence-electron chi connectivity index (χ4n) is 2.34. The van der Waals surface area contributed by atoms with Crippen LogP contribution in [0.2, 0.25) is 0 Å². The van der Waals surface area contributed by atoms with Crippen LogP contribution in [-0.2, 0) is 0 Å². The first-order valence-corrected chi connectivity index (χ1v) is 6.56. The number of hydrogen-bond acceptors (Lipinski definition) is 0. The molecule has 1 atom stereocenters. The third-order valence-corrected chi connectivity index (χ3v) is 3.94. The monoisotopic (exact) mass is 228 g/mol. The number of hydrogen-bond donors (Lipinski definition) is 0. The Bertz CT molecular complexity index is 432. The van der Waals surface area contributed by atoms with Crippen molar-refractivity contribution in [2.75, 3.05) is 0 Å². The molecule has 1 aromatic carbocycles. The zero-order valence-corrected chi connectivity index (χ0v) is 11.9. The van der Waals surface area contributed by atoms with Gasteiger partial charge in [0, 0.05) is 5.92 Å². The van der Waals surface area contributed by atoms with Gasteiger partial charge >= 0.3 is 0 Å². The van der Waals surface area contributed by atoms with E-state index in [1.54, 1.807) is 0 Å². The molecule has 0 N–H and O–H groups in total. The summed E-state index contributed by atoms with van der Waals surface area (Å²) in [4.78, 5) is 0. The Morgan fingerprint density at radius 2 is 1.76 bits per heavy atom. The molecule has 0 aliphatic heterocycles. The van der Waals surface area contributed by atoms with Crippen LogP contribution in [0.4, 0.5) is 0 Å². The number of rotatable bonds is 4. The second-order valence-corrected chi connectivity index (χ2v) is 5.02. The van der Waals surface area contributed by atoms with Crippen molar-refractivity contribution < 1.29 is 0 Å². The Kier molecular flexibility index (Phi) is 4.82. The molecule has 0 saturated carbocycles. The number of aryl methyl sites for hydroxylation is 1. The van der Waals surface area contributed by atoms with E-state index >= 15 is 0 Å². The van der Waals surface area contributed by atoms with Crippen LogP contribution in [0, 0.1) is 40.0 Å². The van der Waals surface area contributed by atoms with Gasteiger partial charge in [0.25, 0.3) is 0 Å². The lowest BCUT2D eigenvalue weighted by atomic mass is 9.86. The molecule has 0 amide bonds. The van der Waals surface area contributed by atoms with Crippen LogP contribution in [0.1, 0.15) is 59.9 Å². The van der Waals surface area contributed by atoms with Crippen molar-refractivity contribution in [1.82, 2.24) is 0 Å². The van der Waals surface area contributed by atoms with Crippen LogP contribution in [0.3, 0.4) is 0 Å². The molecule has 0 nitrogen and oxygen atoms in total. The van der Waals surface area contributed by atoms with Gasteiger partial charge in [-0.25, -0.2) is 0 Å². The van der Waals surface area contributed by atoms with E-state index in [-0.39, 0.29) is 5.92 Å². The molecule has 0 heteroatoms. The highest BCUT2D eigenvalue weighted by Crippen LogP contribution is 2.29. The number of unbranched alkanes of at least 4 members (excludes halogenated alkanes) is 1. The summed E-state index contributed by atoms with van der Waals surface area (Å²) >= 11 is 0. The van der Waals surface area contributed by atoms with Crippen molar-refractivity contribution in [3.05, 3.63) is 33.9 Å². The highest BCUT2D eigenvalue weighted by atomic mass is 14.2. The third kappa shape index (κ3) is 2.91. The number of benzene rings is 1. The highest BCUT2D eigenvalue weighted by molar-refractivity contribution is 5.46.